The molecule has 2 aromatic carbocycles. The molecule has 28 heavy (non-hydrogen) atoms. The number of pyridine rings is 1. The lowest BCUT2D eigenvalue weighted by Gasteiger charge is -2.20. The predicted molar refractivity (Wildman–Crippen MR) is 116 cm³/mol. The van der Waals surface area contributed by atoms with E-state index in [0.717, 1.165) is 21.3 Å². The molecule has 140 valence electrons. The van der Waals surface area contributed by atoms with Gasteiger partial charge in [0.1, 0.15) is 0 Å². The van der Waals surface area contributed by atoms with E-state index in [1.165, 1.54) is 11.3 Å². The summed E-state index contributed by atoms with van der Waals surface area (Å²) >= 11 is 13.9. The van der Waals surface area contributed by atoms with Crippen LogP contribution < -0.4 is 4.90 Å². The molecular formula is C21H15Cl2N3OS. The summed E-state index contributed by atoms with van der Waals surface area (Å²) in [6.45, 7) is 2.33. The standard InChI is InChI=1S/C21H15Cl2N3OS/c1-13-4-2-6-18-19(13)25-21(28-18)26(12-14-5-3-9-24-11-14)20(27)16-10-15(22)7-8-17(16)23/h2-11H,12H2,1H3. The molecule has 0 aliphatic carbocycles. The monoisotopic (exact) mass is 427 g/mol. The van der Waals surface area contributed by atoms with Crippen LogP contribution in [-0.4, -0.2) is 15.9 Å². The Hall–Kier alpha value is -2.47. The van der Waals surface area contributed by atoms with Crippen LogP contribution in [0.5, 0.6) is 0 Å². The van der Waals surface area contributed by atoms with E-state index in [2.05, 4.69) is 4.98 Å². The number of nitrogens with zero attached hydrogens (tertiary/aromatic N) is 3. The summed E-state index contributed by atoms with van der Waals surface area (Å²) in [5.74, 6) is -0.256. The van der Waals surface area contributed by atoms with Crippen molar-refractivity contribution in [2.45, 2.75) is 13.5 Å². The molecule has 0 saturated heterocycles. The van der Waals surface area contributed by atoms with Crippen molar-refractivity contribution in [3.05, 3.63) is 87.7 Å². The number of amides is 1. The van der Waals surface area contributed by atoms with E-state index in [0.29, 0.717) is 27.3 Å². The summed E-state index contributed by atoms with van der Waals surface area (Å²) < 4.78 is 1.02. The number of thiazole rings is 1. The fourth-order valence-electron chi connectivity index (χ4n) is 2.90. The minimum atomic E-state index is -0.256. The second-order valence-corrected chi connectivity index (χ2v) is 8.15. The SMILES string of the molecule is Cc1cccc2sc(N(Cc3cccnc3)C(=O)c3cc(Cl)ccc3Cl)nc12. The van der Waals surface area contributed by atoms with E-state index in [9.17, 15) is 4.79 Å². The number of benzene rings is 2. The summed E-state index contributed by atoms with van der Waals surface area (Å²) in [6.07, 6.45) is 3.43. The Morgan fingerprint density at radius 3 is 2.75 bits per heavy atom. The zero-order valence-corrected chi connectivity index (χ0v) is 17.2. The Bertz CT molecular complexity index is 1160. The lowest BCUT2D eigenvalue weighted by molar-refractivity contribution is 0.0985. The minimum Gasteiger partial charge on any atom is -0.279 e. The number of anilines is 1. The van der Waals surface area contributed by atoms with Crippen LogP contribution >= 0.6 is 34.5 Å². The van der Waals surface area contributed by atoms with Crippen LogP contribution in [0.3, 0.4) is 0 Å². The molecule has 0 saturated carbocycles. The molecule has 0 aliphatic heterocycles. The van der Waals surface area contributed by atoms with Gasteiger partial charge in [0, 0.05) is 17.4 Å². The lowest BCUT2D eigenvalue weighted by Crippen LogP contribution is -2.30. The van der Waals surface area contributed by atoms with E-state index in [1.54, 1.807) is 35.5 Å². The number of hydrogen-bond donors (Lipinski definition) is 0. The van der Waals surface area contributed by atoms with E-state index in [-0.39, 0.29) is 5.91 Å². The van der Waals surface area contributed by atoms with E-state index in [1.807, 2.05) is 37.3 Å². The van der Waals surface area contributed by atoms with E-state index >= 15 is 0 Å². The van der Waals surface area contributed by atoms with Crippen LogP contribution in [0.4, 0.5) is 5.13 Å². The molecule has 2 heterocycles. The van der Waals surface area contributed by atoms with Gasteiger partial charge in [0.05, 0.1) is 27.3 Å². The number of aromatic nitrogens is 2. The first-order valence-corrected chi connectivity index (χ1v) is 10.1. The third-order valence-corrected chi connectivity index (χ3v) is 5.92. The van der Waals surface area contributed by atoms with Crippen molar-refractivity contribution < 1.29 is 4.79 Å². The van der Waals surface area contributed by atoms with Crippen molar-refractivity contribution in [1.82, 2.24) is 9.97 Å². The molecule has 4 rings (SSSR count). The molecule has 4 nitrogen and oxygen atoms in total. The highest BCUT2D eigenvalue weighted by molar-refractivity contribution is 7.22. The van der Waals surface area contributed by atoms with Gasteiger partial charge in [-0.25, -0.2) is 4.98 Å². The van der Waals surface area contributed by atoms with Gasteiger partial charge < -0.3 is 0 Å². The van der Waals surface area contributed by atoms with Gasteiger partial charge in [0.25, 0.3) is 5.91 Å². The molecule has 0 spiro atoms. The van der Waals surface area contributed by atoms with Gasteiger partial charge in [-0.1, -0.05) is 52.7 Å². The van der Waals surface area contributed by atoms with Crippen molar-refractivity contribution in [3.63, 3.8) is 0 Å². The summed E-state index contributed by atoms with van der Waals surface area (Å²) in [5.41, 5.74) is 3.19. The number of hydrogen-bond acceptors (Lipinski definition) is 4. The largest absolute Gasteiger partial charge is 0.279 e. The number of aryl methyl sites for hydroxylation is 1. The van der Waals surface area contributed by atoms with Crippen LogP contribution in [0, 0.1) is 6.92 Å². The quantitative estimate of drug-likeness (QED) is 0.392. The highest BCUT2D eigenvalue weighted by Gasteiger charge is 2.24. The third-order valence-electron chi connectivity index (χ3n) is 4.31. The molecule has 0 atom stereocenters. The van der Waals surface area contributed by atoms with Crippen LogP contribution in [0.15, 0.2) is 60.9 Å². The van der Waals surface area contributed by atoms with Gasteiger partial charge in [-0.3, -0.25) is 14.7 Å². The number of carbonyl (C=O) groups is 1. The topological polar surface area (TPSA) is 46.1 Å². The first-order chi connectivity index (χ1) is 13.5. The van der Waals surface area contributed by atoms with Gasteiger partial charge in [-0.2, -0.15) is 0 Å². The van der Waals surface area contributed by atoms with Gasteiger partial charge in [0.15, 0.2) is 5.13 Å². The van der Waals surface area contributed by atoms with Crippen LogP contribution in [0.2, 0.25) is 10.0 Å². The molecule has 7 heteroatoms. The average molecular weight is 428 g/mol. The molecule has 0 bridgehead atoms. The van der Waals surface area contributed by atoms with E-state index < -0.39 is 0 Å². The fraction of sp³-hybridized carbons (Fsp3) is 0.0952. The van der Waals surface area contributed by atoms with Crippen molar-refractivity contribution >= 4 is 55.8 Å². The van der Waals surface area contributed by atoms with E-state index in [4.69, 9.17) is 28.2 Å². The van der Waals surface area contributed by atoms with Gasteiger partial charge >= 0.3 is 0 Å². The predicted octanol–water partition coefficient (Wildman–Crippen LogP) is 6.15. The van der Waals surface area contributed by atoms with Crippen molar-refractivity contribution in [2.75, 3.05) is 4.90 Å². The molecule has 2 aromatic heterocycles. The number of carbonyl (C=O) groups excluding carboxylic acids is 1. The second-order valence-electron chi connectivity index (χ2n) is 6.29. The maximum absolute atomic E-state index is 13.4. The number of halogens is 2. The average Bonchev–Trinajstić information content (AvgIpc) is 3.14. The number of rotatable bonds is 4. The minimum absolute atomic E-state index is 0.256. The molecule has 1 amide bonds. The summed E-state index contributed by atoms with van der Waals surface area (Å²) in [6, 6.07) is 14.6. The molecule has 0 unspecified atom stereocenters. The number of para-hydroxylation sites is 1. The molecule has 0 radical (unpaired) electrons. The van der Waals surface area contributed by atoms with Gasteiger partial charge in [-0.15, -0.1) is 0 Å². The maximum atomic E-state index is 13.4. The summed E-state index contributed by atoms with van der Waals surface area (Å²) in [4.78, 5) is 23.9. The Morgan fingerprint density at radius 1 is 1.14 bits per heavy atom. The molecule has 0 N–H and O–H groups in total. The maximum Gasteiger partial charge on any atom is 0.261 e. The zero-order chi connectivity index (χ0) is 19.7. The molecule has 0 fully saturated rings. The zero-order valence-electron chi connectivity index (χ0n) is 14.9. The molecule has 4 aromatic rings. The lowest BCUT2D eigenvalue weighted by atomic mass is 10.2. The Labute approximate surface area is 176 Å². The fourth-order valence-corrected chi connectivity index (χ4v) is 4.31. The smallest absolute Gasteiger partial charge is 0.261 e. The summed E-state index contributed by atoms with van der Waals surface area (Å²) in [5, 5.41) is 1.41. The van der Waals surface area contributed by atoms with Crippen LogP contribution in [-0.2, 0) is 6.54 Å². The highest BCUT2D eigenvalue weighted by Crippen LogP contribution is 2.33. The Morgan fingerprint density at radius 2 is 2.00 bits per heavy atom. The Balaban J connectivity index is 1.82. The van der Waals surface area contributed by atoms with Gasteiger partial charge in [-0.05, 0) is 48.4 Å². The normalized spacial score (nSPS) is 11.0. The van der Waals surface area contributed by atoms with Crippen LogP contribution in [0.1, 0.15) is 21.5 Å². The molecule has 0 aliphatic rings. The van der Waals surface area contributed by atoms with Crippen molar-refractivity contribution in [1.29, 1.82) is 0 Å². The first-order valence-electron chi connectivity index (χ1n) is 8.55. The van der Waals surface area contributed by atoms with Crippen molar-refractivity contribution in [2.24, 2.45) is 0 Å². The van der Waals surface area contributed by atoms with Crippen LogP contribution in [0.25, 0.3) is 10.2 Å². The summed E-state index contributed by atoms with van der Waals surface area (Å²) in [7, 11) is 0. The Kier molecular flexibility index (Phi) is 5.31. The third kappa shape index (κ3) is 3.74. The molecular weight excluding hydrogens is 413 g/mol. The van der Waals surface area contributed by atoms with Gasteiger partial charge in [0.2, 0.25) is 0 Å². The second kappa shape index (κ2) is 7.87. The van der Waals surface area contributed by atoms with Crippen molar-refractivity contribution in [3.8, 4) is 0 Å². The number of fused-ring (bicyclic) bond motifs is 1. The first kappa shape index (κ1) is 18.9. The highest BCUT2D eigenvalue weighted by atomic mass is 35.5.